The van der Waals surface area contributed by atoms with Crippen molar-refractivity contribution in [2.75, 3.05) is 0 Å². The van der Waals surface area contributed by atoms with Crippen LogP contribution in [0.25, 0.3) is 111 Å². The van der Waals surface area contributed by atoms with Gasteiger partial charge in [-0.2, -0.15) is 0 Å². The van der Waals surface area contributed by atoms with E-state index >= 15 is 0 Å². The number of aromatic nitrogens is 3. The van der Waals surface area contributed by atoms with Crippen LogP contribution in [0, 0.1) is 0 Å². The highest BCUT2D eigenvalue weighted by Crippen LogP contribution is 2.35. The van der Waals surface area contributed by atoms with Crippen molar-refractivity contribution in [2.45, 2.75) is 0 Å². The fourth-order valence-corrected chi connectivity index (χ4v) is 7.93. The van der Waals surface area contributed by atoms with Gasteiger partial charge in [0, 0.05) is 16.7 Å². The van der Waals surface area contributed by atoms with Crippen molar-refractivity contribution >= 4 is 32.3 Å². The van der Waals surface area contributed by atoms with Crippen LogP contribution < -0.4 is 0 Å². The minimum atomic E-state index is -0.499. The maximum absolute atomic E-state index is 9.00. The molecule has 0 spiro atoms. The van der Waals surface area contributed by atoms with Gasteiger partial charge < -0.3 is 0 Å². The summed E-state index contributed by atoms with van der Waals surface area (Å²) < 4.78 is 60.5. The first kappa shape index (κ1) is 28.4. The first-order valence-electron chi connectivity index (χ1n) is 23.3. The van der Waals surface area contributed by atoms with Gasteiger partial charge in [0.05, 0.1) is 9.60 Å². The van der Waals surface area contributed by atoms with E-state index in [-0.39, 0.29) is 28.4 Å². The molecule has 0 fully saturated rings. The molecule has 11 rings (SSSR count). The average molecular weight is 771 g/mol. The van der Waals surface area contributed by atoms with Gasteiger partial charge in [-0.1, -0.05) is 206 Å². The van der Waals surface area contributed by atoms with Crippen LogP contribution in [0.1, 0.15) is 9.60 Å². The summed E-state index contributed by atoms with van der Waals surface area (Å²) in [5.41, 5.74) is 9.33. The van der Waals surface area contributed by atoms with Gasteiger partial charge in [-0.25, -0.2) is 15.0 Å². The van der Waals surface area contributed by atoms with Gasteiger partial charge in [-0.05, 0) is 95.0 Å². The first-order valence-corrected chi connectivity index (χ1v) is 19.8. The van der Waals surface area contributed by atoms with Crippen LogP contribution in [0.5, 0.6) is 0 Å². The average Bonchev–Trinajstić information content (AvgIpc) is 3.38. The summed E-state index contributed by atoms with van der Waals surface area (Å²) >= 11 is 0. The van der Waals surface area contributed by atoms with Crippen molar-refractivity contribution in [1.29, 1.82) is 0 Å². The minimum absolute atomic E-state index is 0.0149. The molecule has 3 heteroatoms. The number of fused-ring (bicyclic) bond motifs is 3. The van der Waals surface area contributed by atoms with Crippen molar-refractivity contribution in [3.05, 3.63) is 224 Å². The van der Waals surface area contributed by atoms with Gasteiger partial charge in [0.1, 0.15) is 0 Å². The second-order valence-electron chi connectivity index (χ2n) is 14.7. The maximum atomic E-state index is 9.00. The molecule has 0 atom stereocenters. The fraction of sp³-hybridized carbons (Fsp3) is 0. The van der Waals surface area contributed by atoms with E-state index in [4.69, 9.17) is 24.5 Å². The molecule has 60 heavy (non-hydrogen) atoms. The molecule has 280 valence electrons. The Morgan fingerprint density at radius 1 is 0.267 bits per heavy atom. The summed E-state index contributed by atoms with van der Waals surface area (Å²) in [5, 5.41) is 4.40. The van der Waals surface area contributed by atoms with E-state index in [0.29, 0.717) is 28.6 Å². The number of hydrogen-bond acceptors (Lipinski definition) is 3. The SMILES string of the molecule is [2H]c1c([2H])c([2H])c2c(-c3cccc(-c4nc(-c5ccc(-c6ccc(-c7cccc8ccccc78)cc6)cc5)nc(-c5ccc6cc(-c7ccccc7)ccc6c5)n4)c3)c([2H])c([2H])c([2H])c2c1[2H]. The summed E-state index contributed by atoms with van der Waals surface area (Å²) in [6, 6.07) is 58.4. The van der Waals surface area contributed by atoms with Gasteiger partial charge in [-0.15, -0.1) is 0 Å². The van der Waals surface area contributed by atoms with E-state index in [1.54, 1.807) is 18.2 Å². The minimum Gasteiger partial charge on any atom is -0.208 e. The molecule has 1 aromatic heterocycles. The molecule has 0 bridgehead atoms. The topological polar surface area (TPSA) is 38.7 Å². The highest BCUT2D eigenvalue weighted by Gasteiger charge is 2.15. The number of rotatable bonds is 7. The van der Waals surface area contributed by atoms with Gasteiger partial charge in [0.15, 0.2) is 17.5 Å². The summed E-state index contributed by atoms with van der Waals surface area (Å²) in [6.45, 7) is 0. The Morgan fingerprint density at radius 2 is 0.783 bits per heavy atom. The standard InChI is InChI=1S/C57H37N3/c1-2-11-38(12-3-1)45-31-32-47-36-50(34-33-46(47)35-45)57-59-55(58-56(60-57)49-18-8-17-48(37-49)54-22-10-16-42-14-5-7-20-52(42)54)44-29-25-40(26-30-44)39-23-27-43(28-24-39)53-21-9-15-41-13-4-6-19-51(41)53/h1-37H/i5D,7D,10D,14D,16D,20D,22D. The second-order valence-corrected chi connectivity index (χ2v) is 14.7. The monoisotopic (exact) mass is 770 g/mol. The van der Waals surface area contributed by atoms with E-state index in [0.717, 1.165) is 49.7 Å². The van der Waals surface area contributed by atoms with E-state index in [1.807, 2.05) is 42.5 Å². The van der Waals surface area contributed by atoms with E-state index in [9.17, 15) is 0 Å². The van der Waals surface area contributed by atoms with Crippen molar-refractivity contribution in [3.8, 4) is 78.7 Å². The number of nitrogens with zero attached hydrogens (tertiary/aromatic N) is 3. The Balaban J connectivity index is 1.02. The number of benzene rings is 10. The molecule has 10 aromatic carbocycles. The summed E-state index contributed by atoms with van der Waals surface area (Å²) in [6.07, 6.45) is 0. The molecule has 11 aromatic rings. The third kappa shape index (κ3) is 6.68. The third-order valence-electron chi connectivity index (χ3n) is 11.0. The molecule has 0 amide bonds. The smallest absolute Gasteiger partial charge is 0.164 e. The van der Waals surface area contributed by atoms with Crippen molar-refractivity contribution in [3.63, 3.8) is 0 Å². The predicted octanol–water partition coefficient (Wildman–Crippen LogP) is 15.0. The van der Waals surface area contributed by atoms with E-state index in [2.05, 4.69) is 121 Å². The molecular formula is C57H37N3. The highest BCUT2D eigenvalue weighted by atomic mass is 15.0. The molecule has 0 N–H and O–H groups in total. The van der Waals surface area contributed by atoms with Crippen LogP contribution >= 0.6 is 0 Å². The number of hydrogen-bond donors (Lipinski definition) is 0. The molecule has 1 heterocycles. The molecule has 0 saturated heterocycles. The summed E-state index contributed by atoms with van der Waals surface area (Å²) in [5.74, 6) is 1.23. The summed E-state index contributed by atoms with van der Waals surface area (Å²) in [4.78, 5) is 15.1. The van der Waals surface area contributed by atoms with Crippen molar-refractivity contribution in [1.82, 2.24) is 15.0 Å². The van der Waals surface area contributed by atoms with Crippen molar-refractivity contribution < 1.29 is 9.60 Å². The highest BCUT2D eigenvalue weighted by molar-refractivity contribution is 5.98. The second kappa shape index (κ2) is 15.1. The van der Waals surface area contributed by atoms with Crippen LogP contribution in [-0.4, -0.2) is 15.0 Å². The van der Waals surface area contributed by atoms with Gasteiger partial charge in [0.2, 0.25) is 0 Å². The largest absolute Gasteiger partial charge is 0.208 e. The van der Waals surface area contributed by atoms with Crippen molar-refractivity contribution in [2.24, 2.45) is 0 Å². The predicted molar refractivity (Wildman–Crippen MR) is 250 cm³/mol. The Kier molecular flexibility index (Phi) is 7.13. The molecule has 0 aliphatic rings. The zero-order valence-electron chi connectivity index (χ0n) is 39.2. The molecule has 3 nitrogen and oxygen atoms in total. The molecule has 0 radical (unpaired) electrons. The van der Waals surface area contributed by atoms with Gasteiger partial charge in [0.25, 0.3) is 0 Å². The van der Waals surface area contributed by atoms with E-state index < -0.39 is 30.2 Å². The quantitative estimate of drug-likeness (QED) is 0.162. The maximum Gasteiger partial charge on any atom is 0.164 e. The normalized spacial score (nSPS) is 13.0. The Labute approximate surface area is 358 Å². The van der Waals surface area contributed by atoms with Crippen LogP contribution in [-0.2, 0) is 0 Å². The van der Waals surface area contributed by atoms with Crippen LogP contribution in [0.15, 0.2) is 224 Å². The molecule has 0 aliphatic carbocycles. The third-order valence-corrected chi connectivity index (χ3v) is 11.0. The molecule has 0 aliphatic heterocycles. The first-order chi connectivity index (χ1) is 32.6. The Morgan fingerprint density at radius 3 is 1.57 bits per heavy atom. The van der Waals surface area contributed by atoms with Crippen LogP contribution in [0.2, 0.25) is 0 Å². The zero-order chi connectivity index (χ0) is 45.9. The zero-order valence-corrected chi connectivity index (χ0v) is 32.2. The lowest BCUT2D eigenvalue weighted by Gasteiger charge is -2.12. The molecule has 0 saturated carbocycles. The lowest BCUT2D eigenvalue weighted by Crippen LogP contribution is -2.00. The van der Waals surface area contributed by atoms with Gasteiger partial charge >= 0.3 is 0 Å². The lowest BCUT2D eigenvalue weighted by atomic mass is 9.96. The fourth-order valence-electron chi connectivity index (χ4n) is 7.93. The molecule has 0 unspecified atom stereocenters. The van der Waals surface area contributed by atoms with Crippen LogP contribution in [0.3, 0.4) is 0 Å². The Bertz CT molecular complexity index is 3750. The lowest BCUT2D eigenvalue weighted by molar-refractivity contribution is 1.07. The Hall–Kier alpha value is -8.01. The summed E-state index contributed by atoms with van der Waals surface area (Å²) in [7, 11) is 0. The molecular weight excluding hydrogens is 727 g/mol. The van der Waals surface area contributed by atoms with Gasteiger partial charge in [-0.3, -0.25) is 0 Å². The van der Waals surface area contributed by atoms with E-state index in [1.165, 1.54) is 16.3 Å². The van der Waals surface area contributed by atoms with Crippen LogP contribution in [0.4, 0.5) is 0 Å².